The van der Waals surface area contributed by atoms with Gasteiger partial charge in [0.15, 0.2) is 0 Å². The van der Waals surface area contributed by atoms with Gasteiger partial charge in [-0.15, -0.1) is 0 Å². The van der Waals surface area contributed by atoms with Crippen molar-refractivity contribution in [2.75, 3.05) is 6.54 Å². The molecule has 2 rings (SSSR count). The van der Waals surface area contributed by atoms with Crippen molar-refractivity contribution in [2.45, 2.75) is 64.5 Å². The maximum atomic E-state index is 12.6. The predicted octanol–water partition coefficient (Wildman–Crippen LogP) is 2.37. The van der Waals surface area contributed by atoms with E-state index in [4.69, 9.17) is 0 Å². The van der Waals surface area contributed by atoms with Crippen LogP contribution in [0.2, 0.25) is 0 Å². The molecule has 5 heteroatoms. The third-order valence-corrected chi connectivity index (χ3v) is 3.96. The molecule has 1 aromatic heterocycles. The van der Waals surface area contributed by atoms with Crippen molar-refractivity contribution in [3.8, 4) is 0 Å². The molecule has 116 valence electrons. The molecule has 1 aliphatic carbocycles. The van der Waals surface area contributed by atoms with Crippen LogP contribution in [0.1, 0.15) is 68.7 Å². The van der Waals surface area contributed by atoms with Crippen molar-refractivity contribution in [1.82, 2.24) is 14.9 Å². The Balaban J connectivity index is 2.19. The van der Waals surface area contributed by atoms with Gasteiger partial charge in [-0.3, -0.25) is 4.79 Å². The van der Waals surface area contributed by atoms with Gasteiger partial charge in [0, 0.05) is 24.7 Å². The van der Waals surface area contributed by atoms with E-state index in [0.717, 1.165) is 18.7 Å². The summed E-state index contributed by atoms with van der Waals surface area (Å²) in [5.41, 5.74) is 0.432. The van der Waals surface area contributed by atoms with Crippen LogP contribution in [0.15, 0.2) is 12.3 Å². The van der Waals surface area contributed by atoms with E-state index < -0.39 is 6.10 Å². The number of rotatable bonds is 5. The highest BCUT2D eigenvalue weighted by Crippen LogP contribution is 2.31. The third-order valence-electron chi connectivity index (χ3n) is 3.96. The van der Waals surface area contributed by atoms with Crippen molar-refractivity contribution < 1.29 is 9.90 Å². The standard InChI is InChI=1S/C16H25N3O2/c1-11(2)19(10-12(3)20)16(21)14-8-9-17-15(18-14)13-6-4-5-7-13/h8-9,11-13,20H,4-7,10H2,1-3H3. The first kappa shape index (κ1) is 15.9. The van der Waals surface area contributed by atoms with Crippen LogP contribution in [-0.2, 0) is 0 Å². The van der Waals surface area contributed by atoms with Crippen molar-refractivity contribution in [2.24, 2.45) is 0 Å². The topological polar surface area (TPSA) is 66.3 Å². The largest absolute Gasteiger partial charge is 0.392 e. The molecule has 1 heterocycles. The Morgan fingerprint density at radius 2 is 2.05 bits per heavy atom. The van der Waals surface area contributed by atoms with E-state index in [-0.39, 0.29) is 11.9 Å². The summed E-state index contributed by atoms with van der Waals surface area (Å²) < 4.78 is 0. The zero-order chi connectivity index (χ0) is 15.4. The van der Waals surface area contributed by atoms with Gasteiger partial charge in [0.1, 0.15) is 11.5 Å². The lowest BCUT2D eigenvalue weighted by atomic mass is 10.1. The fourth-order valence-corrected chi connectivity index (χ4v) is 2.83. The lowest BCUT2D eigenvalue weighted by Gasteiger charge is -2.27. The second kappa shape index (κ2) is 6.98. The maximum Gasteiger partial charge on any atom is 0.272 e. The molecule has 0 aromatic carbocycles. The number of aliphatic hydroxyl groups is 1. The van der Waals surface area contributed by atoms with E-state index in [2.05, 4.69) is 9.97 Å². The Morgan fingerprint density at radius 1 is 1.38 bits per heavy atom. The molecule has 1 N–H and O–H groups in total. The zero-order valence-electron chi connectivity index (χ0n) is 13.1. The van der Waals surface area contributed by atoms with E-state index in [9.17, 15) is 9.90 Å². The molecule has 1 saturated carbocycles. The highest BCUT2D eigenvalue weighted by atomic mass is 16.3. The number of hydrogen-bond donors (Lipinski definition) is 1. The molecule has 0 saturated heterocycles. The second-order valence-electron chi connectivity index (χ2n) is 6.18. The second-order valence-corrected chi connectivity index (χ2v) is 6.18. The van der Waals surface area contributed by atoms with Gasteiger partial charge < -0.3 is 10.0 Å². The molecular formula is C16H25N3O2. The molecular weight excluding hydrogens is 266 g/mol. The molecule has 1 fully saturated rings. The smallest absolute Gasteiger partial charge is 0.272 e. The van der Waals surface area contributed by atoms with Crippen LogP contribution in [0.3, 0.4) is 0 Å². The van der Waals surface area contributed by atoms with Crippen LogP contribution in [0.4, 0.5) is 0 Å². The summed E-state index contributed by atoms with van der Waals surface area (Å²) in [5, 5.41) is 9.57. The SMILES string of the molecule is CC(O)CN(C(=O)c1ccnc(C2CCCC2)n1)C(C)C. The molecule has 0 bridgehead atoms. The Morgan fingerprint density at radius 3 is 2.62 bits per heavy atom. The van der Waals surface area contributed by atoms with Crippen LogP contribution >= 0.6 is 0 Å². The number of amides is 1. The molecule has 1 unspecified atom stereocenters. The monoisotopic (exact) mass is 291 g/mol. The highest BCUT2D eigenvalue weighted by Gasteiger charge is 2.24. The van der Waals surface area contributed by atoms with Crippen molar-refractivity contribution in [3.05, 3.63) is 23.8 Å². The highest BCUT2D eigenvalue weighted by molar-refractivity contribution is 5.92. The normalized spacial score (nSPS) is 17.2. The minimum atomic E-state index is -0.549. The van der Waals surface area contributed by atoms with Crippen LogP contribution in [0, 0.1) is 0 Å². The molecule has 1 amide bonds. The van der Waals surface area contributed by atoms with Gasteiger partial charge in [-0.25, -0.2) is 9.97 Å². The third kappa shape index (κ3) is 4.00. The number of aliphatic hydroxyl groups excluding tert-OH is 1. The van der Waals surface area contributed by atoms with Gasteiger partial charge >= 0.3 is 0 Å². The Bertz CT molecular complexity index is 482. The first-order valence-corrected chi connectivity index (χ1v) is 7.81. The first-order chi connectivity index (χ1) is 9.99. The lowest BCUT2D eigenvalue weighted by molar-refractivity contribution is 0.0572. The van der Waals surface area contributed by atoms with Crippen molar-refractivity contribution >= 4 is 5.91 Å². The summed E-state index contributed by atoms with van der Waals surface area (Å²) in [6.45, 7) is 5.89. The summed E-state index contributed by atoms with van der Waals surface area (Å²) in [6, 6.07) is 1.69. The number of aromatic nitrogens is 2. The molecule has 5 nitrogen and oxygen atoms in total. The number of carbonyl (C=O) groups is 1. The summed E-state index contributed by atoms with van der Waals surface area (Å²) in [7, 11) is 0. The zero-order valence-corrected chi connectivity index (χ0v) is 13.1. The lowest BCUT2D eigenvalue weighted by Crippen LogP contribution is -2.41. The Labute approximate surface area is 126 Å². The van der Waals surface area contributed by atoms with Gasteiger partial charge in [0.05, 0.1) is 6.10 Å². The minimum absolute atomic E-state index is 0.0250. The van der Waals surface area contributed by atoms with Crippen LogP contribution in [0.5, 0.6) is 0 Å². The number of hydrogen-bond acceptors (Lipinski definition) is 4. The van der Waals surface area contributed by atoms with Gasteiger partial charge in [-0.2, -0.15) is 0 Å². The predicted molar refractivity (Wildman–Crippen MR) is 81.1 cm³/mol. The Kier molecular flexibility index (Phi) is 5.28. The van der Waals surface area contributed by atoms with Gasteiger partial charge in [0.2, 0.25) is 0 Å². The summed E-state index contributed by atoms with van der Waals surface area (Å²) in [4.78, 5) is 23.1. The van der Waals surface area contributed by atoms with Crippen LogP contribution in [-0.4, -0.2) is 44.6 Å². The number of carbonyl (C=O) groups excluding carboxylic acids is 1. The van der Waals surface area contributed by atoms with Crippen LogP contribution in [0.25, 0.3) is 0 Å². The first-order valence-electron chi connectivity index (χ1n) is 7.81. The van der Waals surface area contributed by atoms with E-state index >= 15 is 0 Å². The summed E-state index contributed by atoms with van der Waals surface area (Å²) >= 11 is 0. The minimum Gasteiger partial charge on any atom is -0.392 e. The molecule has 1 aromatic rings. The molecule has 1 aliphatic rings. The average molecular weight is 291 g/mol. The van der Waals surface area contributed by atoms with Crippen molar-refractivity contribution in [3.63, 3.8) is 0 Å². The molecule has 1 atom stereocenters. The quantitative estimate of drug-likeness (QED) is 0.904. The molecule has 0 spiro atoms. The molecule has 0 aliphatic heterocycles. The molecule has 21 heavy (non-hydrogen) atoms. The molecule has 0 radical (unpaired) electrons. The Hall–Kier alpha value is -1.49. The van der Waals surface area contributed by atoms with E-state index in [1.54, 1.807) is 24.1 Å². The van der Waals surface area contributed by atoms with E-state index in [1.165, 1.54) is 12.8 Å². The van der Waals surface area contributed by atoms with E-state index in [0.29, 0.717) is 18.2 Å². The van der Waals surface area contributed by atoms with Gasteiger partial charge in [-0.1, -0.05) is 12.8 Å². The average Bonchev–Trinajstić information content (AvgIpc) is 2.98. The number of nitrogens with zero attached hydrogens (tertiary/aromatic N) is 3. The van der Waals surface area contributed by atoms with Gasteiger partial charge in [0.25, 0.3) is 5.91 Å². The van der Waals surface area contributed by atoms with Gasteiger partial charge in [-0.05, 0) is 39.7 Å². The maximum absolute atomic E-state index is 12.6. The van der Waals surface area contributed by atoms with Crippen molar-refractivity contribution in [1.29, 1.82) is 0 Å². The fourth-order valence-electron chi connectivity index (χ4n) is 2.83. The summed E-state index contributed by atoms with van der Waals surface area (Å²) in [5.74, 6) is 1.05. The fraction of sp³-hybridized carbons (Fsp3) is 0.688. The van der Waals surface area contributed by atoms with E-state index in [1.807, 2.05) is 13.8 Å². The van der Waals surface area contributed by atoms with Crippen LogP contribution < -0.4 is 0 Å². The summed E-state index contributed by atoms with van der Waals surface area (Å²) in [6.07, 6.45) is 5.78.